The average molecular weight is 393 g/mol. The summed E-state index contributed by atoms with van der Waals surface area (Å²) in [6.45, 7) is 4.75. The maximum absolute atomic E-state index is 12.1. The van der Waals surface area contributed by atoms with Gasteiger partial charge in [-0.2, -0.15) is 0 Å². The van der Waals surface area contributed by atoms with Crippen LogP contribution < -0.4 is 4.74 Å². The fourth-order valence-corrected chi connectivity index (χ4v) is 3.36. The van der Waals surface area contributed by atoms with Crippen molar-refractivity contribution in [1.82, 2.24) is 9.38 Å². The van der Waals surface area contributed by atoms with Gasteiger partial charge < -0.3 is 9.47 Å². The van der Waals surface area contributed by atoms with Gasteiger partial charge in [0.25, 0.3) is 0 Å². The maximum atomic E-state index is 12.1. The Morgan fingerprint density at radius 1 is 1.28 bits per heavy atom. The number of hydrogen-bond acceptors (Lipinski definition) is 5. The van der Waals surface area contributed by atoms with Gasteiger partial charge in [-0.25, -0.2) is 9.78 Å². The number of pyridine rings is 1. The molecule has 2 aromatic heterocycles. The molecule has 0 bridgehead atoms. The van der Waals surface area contributed by atoms with Crippen LogP contribution in [-0.4, -0.2) is 22.5 Å². The topological polar surface area (TPSA) is 102 Å². The lowest BCUT2D eigenvalue weighted by molar-refractivity contribution is 0.0593. The Kier molecular flexibility index (Phi) is 6.36. The Balaban J connectivity index is 2.04. The molecular weight excluding hydrogens is 370 g/mol. The number of azide groups is 1. The monoisotopic (exact) mass is 393 g/mol. The molecule has 0 N–H and O–H groups in total. The standard InChI is InChI=1S/C21H23N5O3/c1-4-15-7-6-8-16(5-2)17(15)13-29-19-9-14(10-24-25-22)12-26-18(21(27)28-3)11-23-20(19)26/h6-9,11-12H,4-5,10,13H2,1-3H3. The summed E-state index contributed by atoms with van der Waals surface area (Å²) in [6.07, 6.45) is 4.97. The smallest absolute Gasteiger partial charge is 0.356 e. The Labute approximate surface area is 168 Å². The van der Waals surface area contributed by atoms with E-state index in [0.29, 0.717) is 23.6 Å². The SMILES string of the molecule is CCc1cccc(CC)c1COc1cc(CN=[N+]=[N-])cn2c(C(=O)OC)cnc12. The second kappa shape index (κ2) is 9.12. The van der Waals surface area contributed by atoms with E-state index < -0.39 is 5.97 Å². The van der Waals surface area contributed by atoms with Crippen molar-refractivity contribution in [2.75, 3.05) is 7.11 Å². The summed E-state index contributed by atoms with van der Waals surface area (Å²) in [5, 5.41) is 3.62. The van der Waals surface area contributed by atoms with Crippen LogP contribution in [0.15, 0.2) is 41.8 Å². The van der Waals surface area contributed by atoms with Gasteiger partial charge in [0.05, 0.1) is 19.9 Å². The third-order valence-electron chi connectivity index (χ3n) is 4.84. The molecule has 8 nitrogen and oxygen atoms in total. The zero-order valence-electron chi connectivity index (χ0n) is 16.8. The molecule has 8 heteroatoms. The number of ether oxygens (including phenoxy) is 2. The molecule has 0 saturated carbocycles. The van der Waals surface area contributed by atoms with E-state index in [2.05, 4.69) is 47.1 Å². The number of rotatable bonds is 8. The Morgan fingerprint density at radius 2 is 2.00 bits per heavy atom. The van der Waals surface area contributed by atoms with E-state index in [1.807, 2.05) is 0 Å². The van der Waals surface area contributed by atoms with Crippen molar-refractivity contribution in [3.8, 4) is 5.75 Å². The van der Waals surface area contributed by atoms with Crippen molar-refractivity contribution in [2.45, 2.75) is 39.8 Å². The highest BCUT2D eigenvalue weighted by Crippen LogP contribution is 2.26. The molecule has 29 heavy (non-hydrogen) atoms. The maximum Gasteiger partial charge on any atom is 0.356 e. The third kappa shape index (κ3) is 4.17. The molecule has 0 amide bonds. The zero-order valence-corrected chi connectivity index (χ0v) is 16.8. The molecule has 2 heterocycles. The van der Waals surface area contributed by atoms with E-state index >= 15 is 0 Å². The summed E-state index contributed by atoms with van der Waals surface area (Å²) in [6, 6.07) is 8.07. The van der Waals surface area contributed by atoms with Crippen LogP contribution in [0.2, 0.25) is 0 Å². The van der Waals surface area contributed by atoms with Crippen LogP contribution >= 0.6 is 0 Å². The lowest BCUT2D eigenvalue weighted by Gasteiger charge is -2.15. The first-order valence-corrected chi connectivity index (χ1v) is 9.44. The van der Waals surface area contributed by atoms with Crippen molar-refractivity contribution in [2.24, 2.45) is 5.11 Å². The van der Waals surface area contributed by atoms with Crippen LogP contribution in [0, 0.1) is 0 Å². The largest absolute Gasteiger partial charge is 0.485 e. The van der Waals surface area contributed by atoms with Gasteiger partial charge in [-0.3, -0.25) is 4.40 Å². The molecule has 0 unspecified atom stereocenters. The molecule has 0 fully saturated rings. The fraction of sp³-hybridized carbons (Fsp3) is 0.333. The van der Waals surface area contributed by atoms with Crippen LogP contribution in [0.3, 0.4) is 0 Å². The highest BCUT2D eigenvalue weighted by atomic mass is 16.5. The van der Waals surface area contributed by atoms with Crippen molar-refractivity contribution >= 4 is 11.6 Å². The van der Waals surface area contributed by atoms with Crippen LogP contribution in [0.25, 0.3) is 16.1 Å². The number of benzene rings is 1. The van der Waals surface area contributed by atoms with Crippen molar-refractivity contribution in [3.05, 3.63) is 75.0 Å². The van der Waals surface area contributed by atoms with Crippen LogP contribution in [0.5, 0.6) is 5.75 Å². The molecule has 3 aromatic rings. The van der Waals surface area contributed by atoms with Gasteiger partial charge in [0, 0.05) is 11.1 Å². The number of aryl methyl sites for hydroxylation is 2. The van der Waals surface area contributed by atoms with Gasteiger partial charge in [-0.15, -0.1) is 0 Å². The molecule has 0 spiro atoms. The summed E-state index contributed by atoms with van der Waals surface area (Å²) in [5.41, 5.74) is 13.8. The zero-order chi connectivity index (χ0) is 20.8. The molecule has 150 valence electrons. The minimum Gasteiger partial charge on any atom is -0.485 e. The van der Waals surface area contributed by atoms with E-state index in [9.17, 15) is 4.79 Å². The van der Waals surface area contributed by atoms with Crippen LogP contribution in [0.1, 0.15) is 46.6 Å². The summed E-state index contributed by atoms with van der Waals surface area (Å²) < 4.78 is 12.6. The lowest BCUT2D eigenvalue weighted by Crippen LogP contribution is -2.08. The number of nitrogens with zero attached hydrogens (tertiary/aromatic N) is 5. The Morgan fingerprint density at radius 3 is 2.62 bits per heavy atom. The normalized spacial score (nSPS) is 10.6. The van der Waals surface area contributed by atoms with Gasteiger partial charge in [0.15, 0.2) is 17.1 Å². The first-order chi connectivity index (χ1) is 14.1. The van der Waals surface area contributed by atoms with Crippen LogP contribution in [0.4, 0.5) is 0 Å². The number of fused-ring (bicyclic) bond motifs is 1. The van der Waals surface area contributed by atoms with E-state index in [1.54, 1.807) is 16.7 Å². The first kappa shape index (κ1) is 20.2. The number of hydrogen-bond donors (Lipinski definition) is 0. The van der Waals surface area contributed by atoms with Crippen molar-refractivity contribution < 1.29 is 14.3 Å². The molecule has 0 radical (unpaired) electrons. The molecule has 1 aromatic carbocycles. The first-order valence-electron chi connectivity index (χ1n) is 9.44. The van der Waals surface area contributed by atoms with E-state index in [-0.39, 0.29) is 12.2 Å². The van der Waals surface area contributed by atoms with E-state index in [1.165, 1.54) is 24.4 Å². The molecule has 0 aliphatic carbocycles. The highest BCUT2D eigenvalue weighted by molar-refractivity contribution is 5.88. The molecule has 0 atom stereocenters. The predicted octanol–water partition coefficient (Wildman–Crippen LogP) is 4.64. The molecule has 0 aliphatic heterocycles. The number of esters is 1. The minimum atomic E-state index is -0.506. The van der Waals surface area contributed by atoms with Gasteiger partial charge in [-0.05, 0) is 46.7 Å². The van der Waals surface area contributed by atoms with Gasteiger partial charge in [0.2, 0.25) is 0 Å². The van der Waals surface area contributed by atoms with Gasteiger partial charge in [0.1, 0.15) is 6.61 Å². The van der Waals surface area contributed by atoms with Crippen molar-refractivity contribution in [3.63, 3.8) is 0 Å². The molecule has 0 aliphatic rings. The molecule has 3 rings (SSSR count). The number of carbonyl (C=O) groups is 1. The molecular formula is C21H23N5O3. The number of imidazole rings is 1. The Hall–Kier alpha value is -3.51. The van der Waals surface area contributed by atoms with E-state index in [0.717, 1.165) is 18.4 Å². The third-order valence-corrected chi connectivity index (χ3v) is 4.84. The second-order valence-electron chi connectivity index (χ2n) is 6.48. The summed E-state index contributed by atoms with van der Waals surface area (Å²) >= 11 is 0. The summed E-state index contributed by atoms with van der Waals surface area (Å²) in [5.74, 6) is 0.00716. The van der Waals surface area contributed by atoms with Gasteiger partial charge in [-0.1, -0.05) is 37.2 Å². The quantitative estimate of drug-likeness (QED) is 0.241. The summed E-state index contributed by atoms with van der Waals surface area (Å²) in [7, 11) is 1.32. The van der Waals surface area contributed by atoms with E-state index in [4.69, 9.17) is 15.0 Å². The fourth-order valence-electron chi connectivity index (χ4n) is 3.36. The second-order valence-corrected chi connectivity index (χ2v) is 6.48. The number of methoxy groups -OCH3 is 1. The van der Waals surface area contributed by atoms with Gasteiger partial charge >= 0.3 is 5.97 Å². The minimum absolute atomic E-state index is 0.132. The lowest BCUT2D eigenvalue weighted by atomic mass is 9.98. The number of aromatic nitrogens is 2. The molecule has 0 saturated heterocycles. The highest BCUT2D eigenvalue weighted by Gasteiger charge is 2.17. The Bertz CT molecular complexity index is 1060. The van der Waals surface area contributed by atoms with Crippen LogP contribution in [-0.2, 0) is 30.7 Å². The predicted molar refractivity (Wildman–Crippen MR) is 109 cm³/mol. The number of carbonyl (C=O) groups excluding carboxylic acids is 1. The summed E-state index contributed by atoms with van der Waals surface area (Å²) in [4.78, 5) is 19.2. The average Bonchev–Trinajstić information content (AvgIpc) is 3.19. The van der Waals surface area contributed by atoms with Crippen molar-refractivity contribution in [1.29, 1.82) is 0 Å².